The van der Waals surface area contributed by atoms with E-state index in [1.165, 1.54) is 0 Å². The molecule has 0 radical (unpaired) electrons. The van der Waals surface area contributed by atoms with Gasteiger partial charge in [0.05, 0.1) is 5.25 Å². The quantitative estimate of drug-likeness (QED) is 0.377. The van der Waals surface area contributed by atoms with Crippen molar-refractivity contribution in [3.8, 4) is 0 Å². The monoisotopic (exact) mass is 359 g/mol. The summed E-state index contributed by atoms with van der Waals surface area (Å²) in [5.74, 6) is -1.73. The molecule has 0 aromatic rings. The maximum Gasteiger partial charge on any atom is 0.326 e. The minimum absolute atomic E-state index is 0.103. The van der Waals surface area contributed by atoms with Gasteiger partial charge in [0.25, 0.3) is 0 Å². The lowest BCUT2D eigenvalue weighted by Gasteiger charge is -2.51. The van der Waals surface area contributed by atoms with Crippen molar-refractivity contribution in [1.29, 1.82) is 0 Å². The third kappa shape index (κ3) is 2.43. The summed E-state index contributed by atoms with van der Waals surface area (Å²) in [5, 5.41) is 12.9. The van der Waals surface area contributed by atoms with Gasteiger partial charge in [0.1, 0.15) is 17.7 Å². The first-order chi connectivity index (χ1) is 10.9. The van der Waals surface area contributed by atoms with E-state index >= 15 is 0 Å². The number of carbonyl (C=O) groups excluding carboxylic acids is 2. The number of ether oxygens (including phenoxy) is 1. The van der Waals surface area contributed by atoms with Gasteiger partial charge in [-0.15, -0.1) is 0 Å². The van der Waals surface area contributed by atoms with Gasteiger partial charge in [-0.1, -0.05) is 20.4 Å². The fourth-order valence-electron chi connectivity index (χ4n) is 4.74. The Hall–Kier alpha value is -1.25. The Kier molecular flexibility index (Phi) is 4.71. The molecule has 0 spiro atoms. The first-order valence-corrected chi connectivity index (χ1v) is 9.03. The second kappa shape index (κ2) is 5.93. The molecule has 2 rings (SSSR count). The van der Waals surface area contributed by atoms with Gasteiger partial charge in [0.2, 0.25) is 5.91 Å². The average molecular weight is 359 g/mol. The zero-order chi connectivity index (χ0) is 18.5. The lowest BCUT2D eigenvalue weighted by atomic mass is 9.65. The summed E-state index contributed by atoms with van der Waals surface area (Å²) in [6.45, 7) is 9.95. The lowest BCUT2D eigenvalue weighted by molar-refractivity contribution is -0.216. The molecule has 24 heavy (non-hydrogen) atoms. The number of esters is 1. The van der Waals surface area contributed by atoms with Crippen molar-refractivity contribution in [2.75, 3.05) is 6.54 Å². The molecule has 0 aromatic heterocycles. The third-order valence-electron chi connectivity index (χ3n) is 6.44. The topological polar surface area (TPSA) is 113 Å². The van der Waals surface area contributed by atoms with E-state index in [0.29, 0.717) is 6.42 Å². The van der Waals surface area contributed by atoms with Crippen LogP contribution in [0.1, 0.15) is 34.1 Å². The highest BCUT2D eigenvalue weighted by Gasteiger charge is 2.77. The summed E-state index contributed by atoms with van der Waals surface area (Å²) in [7, 11) is 0. The van der Waals surface area contributed by atoms with Gasteiger partial charge < -0.3 is 19.7 Å². The number of hydrogen-bond acceptors (Lipinski definition) is 5. The maximum atomic E-state index is 12.2. The molecule has 0 saturated heterocycles. The van der Waals surface area contributed by atoms with E-state index < -0.39 is 50.7 Å². The van der Waals surface area contributed by atoms with E-state index in [4.69, 9.17) is 4.74 Å². The fourth-order valence-corrected chi connectivity index (χ4v) is 5.98. The zero-order valence-corrected chi connectivity index (χ0v) is 15.2. The second-order valence-electron chi connectivity index (χ2n) is 7.33. The zero-order valence-electron chi connectivity index (χ0n) is 14.4. The summed E-state index contributed by atoms with van der Waals surface area (Å²) in [5.41, 5.74) is -3.33. The van der Waals surface area contributed by atoms with E-state index in [1.54, 1.807) is 13.8 Å². The maximum absolute atomic E-state index is 12.2. The largest absolute Gasteiger partial charge is 0.454 e. The van der Waals surface area contributed by atoms with Gasteiger partial charge in [-0.3, -0.25) is 9.59 Å². The highest BCUT2D eigenvalue weighted by molar-refractivity contribution is 7.79. The molecule has 7 atom stereocenters. The van der Waals surface area contributed by atoms with Gasteiger partial charge in [-0.2, -0.15) is 0 Å². The summed E-state index contributed by atoms with van der Waals surface area (Å²) in [6.07, 6.45) is 1.42. The first-order valence-electron chi connectivity index (χ1n) is 7.86. The predicted octanol–water partition coefficient (Wildman–Crippen LogP) is 0.608. The first kappa shape index (κ1) is 19.1. The van der Waals surface area contributed by atoms with Crippen LogP contribution in [-0.4, -0.2) is 48.7 Å². The molecule has 3 N–H and O–H groups in total. The Balaban J connectivity index is 2.26. The number of aliphatic hydroxyl groups is 1. The minimum Gasteiger partial charge on any atom is -0.454 e. The van der Waals surface area contributed by atoms with Gasteiger partial charge in [-0.05, 0) is 32.3 Å². The summed E-state index contributed by atoms with van der Waals surface area (Å²) in [6, 6.07) is 0. The molecule has 2 fully saturated rings. The number of rotatable bonds is 5. The highest BCUT2D eigenvalue weighted by Crippen LogP contribution is 2.69. The molecule has 2 bridgehead atoms. The number of nitrogens with one attached hydrogen (secondary N) is 1. The van der Waals surface area contributed by atoms with Crippen molar-refractivity contribution in [3.05, 3.63) is 12.7 Å². The van der Waals surface area contributed by atoms with Gasteiger partial charge in [0.15, 0.2) is 11.1 Å². The van der Waals surface area contributed by atoms with Crippen LogP contribution in [0.5, 0.6) is 0 Å². The van der Waals surface area contributed by atoms with Crippen molar-refractivity contribution in [2.45, 2.75) is 50.6 Å². The van der Waals surface area contributed by atoms with Crippen LogP contribution in [0.15, 0.2) is 12.7 Å². The molecule has 2 aliphatic rings. The molecule has 1 amide bonds. The predicted molar refractivity (Wildman–Crippen MR) is 88.3 cm³/mol. The molecule has 2 aliphatic carbocycles. The van der Waals surface area contributed by atoms with Crippen molar-refractivity contribution in [3.63, 3.8) is 0 Å². The Labute approximate surface area is 144 Å². The van der Waals surface area contributed by atoms with E-state index in [9.17, 15) is 23.5 Å². The number of carbonyl (C=O) groups is 2. The van der Waals surface area contributed by atoms with Crippen LogP contribution in [0.4, 0.5) is 0 Å². The molecular formula is C16H25NO6S. The van der Waals surface area contributed by atoms with Crippen LogP contribution in [0, 0.1) is 17.3 Å². The van der Waals surface area contributed by atoms with Crippen LogP contribution in [0.25, 0.3) is 0 Å². The normalized spacial score (nSPS) is 44.8. The Morgan fingerprint density at radius 3 is 2.46 bits per heavy atom. The smallest absolute Gasteiger partial charge is 0.326 e. The highest BCUT2D eigenvalue weighted by atomic mass is 32.2. The van der Waals surface area contributed by atoms with Gasteiger partial charge in [-0.25, -0.2) is 4.21 Å². The molecule has 8 heteroatoms. The molecule has 0 aromatic carbocycles. The van der Waals surface area contributed by atoms with E-state index in [1.807, 2.05) is 13.8 Å². The van der Waals surface area contributed by atoms with E-state index in [0.717, 1.165) is 6.08 Å². The van der Waals surface area contributed by atoms with Crippen LogP contribution in [0.3, 0.4) is 0 Å². The van der Waals surface area contributed by atoms with Crippen LogP contribution >= 0.6 is 0 Å². The minimum atomic E-state index is -2.06. The lowest BCUT2D eigenvalue weighted by Crippen LogP contribution is -2.63. The third-order valence-corrected chi connectivity index (χ3v) is 7.42. The molecule has 2 saturated carbocycles. The Bertz CT molecular complexity index is 605. The average Bonchev–Trinajstić information content (AvgIpc) is 2.82. The van der Waals surface area contributed by atoms with Crippen molar-refractivity contribution in [2.24, 2.45) is 17.3 Å². The standard InChI is InChI=1S/C16H25NO6S/c1-6-11(18)17-8-12(19)23-16(5)14(3)7-10(24(21)22)13(9(14)2)15(16,4)20/h6,9-10,13,20H,1,7-8H2,2-5H3,(H,17,18)(H,21,22). The summed E-state index contributed by atoms with van der Waals surface area (Å²) >= 11 is -2.06. The molecule has 0 heterocycles. The number of hydrogen-bond donors (Lipinski definition) is 3. The van der Waals surface area contributed by atoms with Crippen LogP contribution in [-0.2, 0) is 25.4 Å². The molecule has 136 valence electrons. The Morgan fingerprint density at radius 2 is 2.00 bits per heavy atom. The van der Waals surface area contributed by atoms with Gasteiger partial charge in [0, 0.05) is 11.3 Å². The molecular weight excluding hydrogens is 334 g/mol. The van der Waals surface area contributed by atoms with E-state index in [2.05, 4.69) is 11.9 Å². The fraction of sp³-hybridized carbons (Fsp3) is 0.750. The number of fused-ring (bicyclic) bond motifs is 2. The van der Waals surface area contributed by atoms with Crippen molar-refractivity contribution >= 4 is 23.0 Å². The molecule has 0 aliphatic heterocycles. The summed E-state index contributed by atoms with van der Waals surface area (Å²) < 4.78 is 26.8. The van der Waals surface area contributed by atoms with Gasteiger partial charge >= 0.3 is 5.97 Å². The van der Waals surface area contributed by atoms with Crippen molar-refractivity contribution < 1.29 is 28.2 Å². The summed E-state index contributed by atoms with van der Waals surface area (Å²) in [4.78, 5) is 23.3. The Morgan fingerprint density at radius 1 is 1.42 bits per heavy atom. The van der Waals surface area contributed by atoms with Crippen molar-refractivity contribution in [1.82, 2.24) is 5.32 Å². The van der Waals surface area contributed by atoms with Crippen LogP contribution in [0.2, 0.25) is 0 Å². The second-order valence-corrected chi connectivity index (χ2v) is 8.49. The van der Waals surface area contributed by atoms with Crippen LogP contribution < -0.4 is 5.32 Å². The van der Waals surface area contributed by atoms with E-state index in [-0.39, 0.29) is 12.5 Å². The SMILES string of the molecule is C=CC(=O)NCC(=O)OC1(C)C(C)(O)C2C(S(=O)O)CC1(C)C2C. The molecule has 7 nitrogen and oxygen atoms in total. The molecule has 7 unspecified atom stereocenters. The number of amides is 1.